The Bertz CT molecular complexity index is 835. The van der Waals surface area contributed by atoms with Crippen molar-refractivity contribution in [2.45, 2.75) is 11.7 Å². The van der Waals surface area contributed by atoms with Crippen LogP contribution in [0.25, 0.3) is 10.2 Å². The maximum absolute atomic E-state index is 12.6. The van der Waals surface area contributed by atoms with E-state index >= 15 is 0 Å². The second-order valence-electron chi connectivity index (χ2n) is 4.79. The molecule has 0 aliphatic rings. The highest BCUT2D eigenvalue weighted by atomic mass is 35.5. The highest BCUT2D eigenvalue weighted by molar-refractivity contribution is 7.98. The SMILES string of the molecule is CSc1ncc(Cl)c(C(=O)N(C)Cc2nc3ccccc3s2)n1. The molecule has 3 aromatic rings. The molecule has 5 nitrogen and oxygen atoms in total. The molecule has 0 atom stereocenters. The van der Waals surface area contributed by atoms with Gasteiger partial charge in [0.05, 0.1) is 28.0 Å². The molecule has 2 aromatic heterocycles. The molecular weight excluding hydrogens is 352 g/mol. The zero-order valence-corrected chi connectivity index (χ0v) is 14.9. The number of nitrogens with zero attached hydrogens (tertiary/aromatic N) is 4. The monoisotopic (exact) mass is 364 g/mol. The second kappa shape index (κ2) is 6.82. The standard InChI is InChI=1S/C15H13ClN4OS2/c1-20(8-12-18-10-5-3-4-6-11(10)23-12)14(21)13-9(16)7-17-15(19-13)22-2/h3-7H,8H2,1-2H3. The highest BCUT2D eigenvalue weighted by Gasteiger charge is 2.19. The van der Waals surface area contributed by atoms with E-state index in [4.69, 9.17) is 11.6 Å². The number of para-hydroxylation sites is 1. The van der Waals surface area contributed by atoms with Crippen molar-refractivity contribution in [2.75, 3.05) is 13.3 Å². The summed E-state index contributed by atoms with van der Waals surface area (Å²) in [6.45, 7) is 0.410. The van der Waals surface area contributed by atoms with Gasteiger partial charge in [-0.15, -0.1) is 11.3 Å². The maximum atomic E-state index is 12.6. The largest absolute Gasteiger partial charge is 0.334 e. The maximum Gasteiger partial charge on any atom is 0.274 e. The molecule has 118 valence electrons. The van der Waals surface area contributed by atoms with Gasteiger partial charge in [0.25, 0.3) is 5.91 Å². The summed E-state index contributed by atoms with van der Waals surface area (Å²) >= 11 is 9.01. The van der Waals surface area contributed by atoms with Gasteiger partial charge in [0.1, 0.15) is 5.01 Å². The molecule has 2 heterocycles. The predicted octanol–water partition coefficient (Wildman–Crippen LogP) is 3.73. The number of fused-ring (bicyclic) bond motifs is 1. The number of carbonyl (C=O) groups excluding carboxylic acids is 1. The van der Waals surface area contributed by atoms with E-state index in [1.807, 2.05) is 30.5 Å². The normalized spacial score (nSPS) is 10.9. The van der Waals surface area contributed by atoms with Crippen LogP contribution in [0.2, 0.25) is 5.02 Å². The van der Waals surface area contributed by atoms with Gasteiger partial charge in [0.15, 0.2) is 10.9 Å². The van der Waals surface area contributed by atoms with E-state index < -0.39 is 0 Å². The summed E-state index contributed by atoms with van der Waals surface area (Å²) in [4.78, 5) is 26.9. The minimum atomic E-state index is -0.244. The third-order valence-electron chi connectivity index (χ3n) is 3.16. The Kier molecular flexibility index (Phi) is 4.79. The Labute approximate surface area is 146 Å². The average Bonchev–Trinajstić information content (AvgIpc) is 2.96. The number of aromatic nitrogens is 3. The van der Waals surface area contributed by atoms with E-state index in [-0.39, 0.29) is 16.6 Å². The molecule has 0 radical (unpaired) electrons. The summed E-state index contributed by atoms with van der Waals surface area (Å²) in [6.07, 6.45) is 3.31. The number of amides is 1. The summed E-state index contributed by atoms with van der Waals surface area (Å²) in [6, 6.07) is 7.91. The molecule has 0 N–H and O–H groups in total. The van der Waals surface area contributed by atoms with Gasteiger partial charge in [0.2, 0.25) is 0 Å². The first-order valence-corrected chi connectivity index (χ1v) is 9.17. The summed E-state index contributed by atoms with van der Waals surface area (Å²) in [5.74, 6) is -0.244. The summed E-state index contributed by atoms with van der Waals surface area (Å²) < 4.78 is 1.10. The van der Waals surface area contributed by atoms with Crippen molar-refractivity contribution in [2.24, 2.45) is 0 Å². The van der Waals surface area contributed by atoms with Crippen LogP contribution in [-0.2, 0) is 6.54 Å². The van der Waals surface area contributed by atoms with Gasteiger partial charge in [0, 0.05) is 7.05 Å². The lowest BCUT2D eigenvalue weighted by Gasteiger charge is -2.15. The van der Waals surface area contributed by atoms with Crippen molar-refractivity contribution in [1.29, 1.82) is 0 Å². The van der Waals surface area contributed by atoms with Crippen LogP contribution >= 0.6 is 34.7 Å². The Balaban J connectivity index is 1.82. The fourth-order valence-corrected chi connectivity index (χ4v) is 3.58. The van der Waals surface area contributed by atoms with Crippen LogP contribution < -0.4 is 0 Å². The Morgan fingerprint density at radius 3 is 2.87 bits per heavy atom. The van der Waals surface area contributed by atoms with Crippen molar-refractivity contribution in [3.05, 3.63) is 46.2 Å². The van der Waals surface area contributed by atoms with Gasteiger partial charge in [-0.3, -0.25) is 4.79 Å². The number of halogens is 1. The van der Waals surface area contributed by atoms with Crippen molar-refractivity contribution < 1.29 is 4.79 Å². The summed E-state index contributed by atoms with van der Waals surface area (Å²) in [5.41, 5.74) is 1.16. The number of hydrogen-bond acceptors (Lipinski definition) is 6. The molecule has 1 amide bonds. The zero-order chi connectivity index (χ0) is 16.4. The fourth-order valence-electron chi connectivity index (χ4n) is 2.04. The van der Waals surface area contributed by atoms with Crippen LogP contribution in [0.3, 0.4) is 0 Å². The molecule has 0 aliphatic carbocycles. The Morgan fingerprint density at radius 2 is 2.13 bits per heavy atom. The lowest BCUT2D eigenvalue weighted by Crippen LogP contribution is -2.27. The number of thiazole rings is 1. The smallest absolute Gasteiger partial charge is 0.274 e. The molecule has 0 fully saturated rings. The quantitative estimate of drug-likeness (QED) is 0.521. The van der Waals surface area contributed by atoms with Gasteiger partial charge in [-0.25, -0.2) is 15.0 Å². The average molecular weight is 365 g/mol. The van der Waals surface area contributed by atoms with Gasteiger partial charge in [-0.05, 0) is 18.4 Å². The molecule has 23 heavy (non-hydrogen) atoms. The number of carbonyl (C=O) groups is 1. The molecule has 0 saturated carbocycles. The molecule has 8 heteroatoms. The van der Waals surface area contributed by atoms with Crippen molar-refractivity contribution in [1.82, 2.24) is 19.9 Å². The fraction of sp³-hybridized carbons (Fsp3) is 0.200. The highest BCUT2D eigenvalue weighted by Crippen LogP contribution is 2.23. The number of rotatable bonds is 4. The first-order chi connectivity index (χ1) is 11.1. The molecule has 0 unspecified atom stereocenters. The Morgan fingerprint density at radius 1 is 1.35 bits per heavy atom. The van der Waals surface area contributed by atoms with E-state index in [1.165, 1.54) is 18.0 Å². The van der Waals surface area contributed by atoms with Crippen molar-refractivity contribution >= 4 is 50.8 Å². The molecule has 0 aliphatic heterocycles. The van der Waals surface area contributed by atoms with Crippen LogP contribution in [-0.4, -0.2) is 39.1 Å². The van der Waals surface area contributed by atoms with Gasteiger partial charge < -0.3 is 4.90 Å². The van der Waals surface area contributed by atoms with Crippen LogP contribution in [0.4, 0.5) is 0 Å². The second-order valence-corrected chi connectivity index (χ2v) is 7.09. The number of thioether (sulfide) groups is 1. The van der Waals surface area contributed by atoms with Gasteiger partial charge in [-0.1, -0.05) is 35.5 Å². The predicted molar refractivity (Wildman–Crippen MR) is 94.2 cm³/mol. The summed E-state index contributed by atoms with van der Waals surface area (Å²) in [7, 11) is 1.71. The molecule has 0 bridgehead atoms. The minimum absolute atomic E-state index is 0.217. The van der Waals surface area contributed by atoms with E-state index in [9.17, 15) is 4.79 Å². The molecule has 1 aromatic carbocycles. The van der Waals surface area contributed by atoms with Crippen LogP contribution in [0, 0.1) is 0 Å². The third kappa shape index (κ3) is 3.46. The lowest BCUT2D eigenvalue weighted by molar-refractivity contribution is 0.0778. The topological polar surface area (TPSA) is 59.0 Å². The van der Waals surface area contributed by atoms with Crippen LogP contribution in [0.5, 0.6) is 0 Å². The number of benzene rings is 1. The van der Waals surface area contributed by atoms with E-state index in [0.29, 0.717) is 11.7 Å². The molecule has 0 spiro atoms. The van der Waals surface area contributed by atoms with E-state index in [1.54, 1.807) is 23.3 Å². The van der Waals surface area contributed by atoms with Crippen LogP contribution in [0.1, 0.15) is 15.5 Å². The van der Waals surface area contributed by atoms with Crippen LogP contribution in [0.15, 0.2) is 35.6 Å². The van der Waals surface area contributed by atoms with Crippen molar-refractivity contribution in [3.8, 4) is 0 Å². The molecule has 0 saturated heterocycles. The van der Waals surface area contributed by atoms with Gasteiger partial charge in [-0.2, -0.15) is 0 Å². The lowest BCUT2D eigenvalue weighted by atomic mass is 10.3. The summed E-state index contributed by atoms with van der Waals surface area (Å²) in [5, 5.41) is 1.65. The molecule has 3 rings (SSSR count). The zero-order valence-electron chi connectivity index (χ0n) is 12.5. The van der Waals surface area contributed by atoms with Crippen molar-refractivity contribution in [3.63, 3.8) is 0 Å². The Hall–Kier alpha value is -1.70. The molecular formula is C15H13ClN4OS2. The third-order valence-corrected chi connectivity index (χ3v) is 5.02. The van der Waals surface area contributed by atoms with E-state index in [0.717, 1.165) is 15.2 Å². The minimum Gasteiger partial charge on any atom is -0.334 e. The van der Waals surface area contributed by atoms with E-state index in [2.05, 4.69) is 15.0 Å². The number of hydrogen-bond donors (Lipinski definition) is 0. The first kappa shape index (κ1) is 16.2. The first-order valence-electron chi connectivity index (χ1n) is 6.75. The van der Waals surface area contributed by atoms with Gasteiger partial charge >= 0.3 is 0 Å².